The van der Waals surface area contributed by atoms with Crippen molar-refractivity contribution in [3.8, 4) is 17.0 Å². The molecule has 0 aliphatic carbocycles. The Morgan fingerprint density at radius 3 is 2.14 bits per heavy atom. The van der Waals surface area contributed by atoms with E-state index in [1.807, 2.05) is 6.07 Å². The van der Waals surface area contributed by atoms with E-state index in [4.69, 9.17) is 9.72 Å². The quantitative estimate of drug-likeness (QED) is 0.669. The van der Waals surface area contributed by atoms with Gasteiger partial charge in [-0.25, -0.2) is 4.98 Å². The number of benzene rings is 2. The molecule has 0 bridgehead atoms. The first-order chi connectivity index (χ1) is 10.1. The van der Waals surface area contributed by atoms with Crippen molar-refractivity contribution in [1.82, 2.24) is 4.98 Å². The minimum absolute atomic E-state index is 0.879. The van der Waals surface area contributed by atoms with Crippen molar-refractivity contribution in [2.45, 2.75) is 20.8 Å². The van der Waals surface area contributed by atoms with E-state index in [0.29, 0.717) is 0 Å². The first-order valence-electron chi connectivity index (χ1n) is 7.11. The summed E-state index contributed by atoms with van der Waals surface area (Å²) >= 11 is 0. The molecule has 0 amide bonds. The second-order valence-electron chi connectivity index (χ2n) is 5.61. The Hall–Kier alpha value is -2.35. The molecule has 0 fully saturated rings. The van der Waals surface area contributed by atoms with E-state index in [2.05, 4.69) is 57.2 Å². The third-order valence-corrected chi connectivity index (χ3v) is 3.65. The number of hydrogen-bond acceptors (Lipinski definition) is 2. The molecule has 0 spiro atoms. The summed E-state index contributed by atoms with van der Waals surface area (Å²) < 4.78 is 5.45. The number of ether oxygens (including phenoxy) is 1. The first-order valence-corrected chi connectivity index (χ1v) is 7.11. The maximum absolute atomic E-state index is 5.45. The Morgan fingerprint density at radius 1 is 0.810 bits per heavy atom. The number of fused-ring (bicyclic) bond motifs is 1. The highest BCUT2D eigenvalue weighted by Gasteiger charge is 2.07. The molecule has 106 valence electrons. The summed E-state index contributed by atoms with van der Waals surface area (Å²) in [5.41, 5.74) is 6.81. The normalized spacial score (nSPS) is 10.9. The topological polar surface area (TPSA) is 22.1 Å². The van der Waals surface area contributed by atoms with Crippen molar-refractivity contribution in [3.05, 3.63) is 59.2 Å². The number of pyridine rings is 1. The highest BCUT2D eigenvalue weighted by Crippen LogP contribution is 2.29. The minimum Gasteiger partial charge on any atom is -0.496 e. The van der Waals surface area contributed by atoms with Gasteiger partial charge in [-0.05, 0) is 62.7 Å². The van der Waals surface area contributed by atoms with Crippen LogP contribution in [0.4, 0.5) is 0 Å². The average Bonchev–Trinajstić information content (AvgIpc) is 2.44. The number of nitrogens with zero attached hydrogens (tertiary/aromatic N) is 1. The number of methoxy groups -OCH3 is 1. The summed E-state index contributed by atoms with van der Waals surface area (Å²) in [6.07, 6.45) is 0. The third kappa shape index (κ3) is 2.62. The molecule has 2 heteroatoms. The van der Waals surface area contributed by atoms with E-state index in [1.165, 1.54) is 11.1 Å². The van der Waals surface area contributed by atoms with Crippen LogP contribution >= 0.6 is 0 Å². The zero-order valence-electron chi connectivity index (χ0n) is 12.9. The molecule has 0 unspecified atom stereocenters. The van der Waals surface area contributed by atoms with Gasteiger partial charge < -0.3 is 4.74 Å². The van der Waals surface area contributed by atoms with Gasteiger partial charge in [-0.15, -0.1) is 0 Å². The zero-order chi connectivity index (χ0) is 15.0. The summed E-state index contributed by atoms with van der Waals surface area (Å²) in [5.74, 6) is 0.879. The van der Waals surface area contributed by atoms with Crippen LogP contribution in [0.15, 0.2) is 42.5 Å². The van der Waals surface area contributed by atoms with E-state index in [9.17, 15) is 0 Å². The lowest BCUT2D eigenvalue weighted by Gasteiger charge is -2.09. The van der Waals surface area contributed by atoms with Crippen molar-refractivity contribution in [2.24, 2.45) is 0 Å². The van der Waals surface area contributed by atoms with Gasteiger partial charge in [0.15, 0.2) is 0 Å². The molecule has 3 aromatic rings. The maximum Gasteiger partial charge on any atom is 0.128 e. The van der Waals surface area contributed by atoms with Crippen molar-refractivity contribution < 1.29 is 4.74 Å². The van der Waals surface area contributed by atoms with Crippen LogP contribution in [0.3, 0.4) is 0 Å². The molecule has 3 rings (SSSR count). The fraction of sp³-hybridized carbons (Fsp3) is 0.211. The lowest BCUT2D eigenvalue weighted by Crippen LogP contribution is -1.91. The summed E-state index contributed by atoms with van der Waals surface area (Å²) in [6, 6.07) is 14.8. The molecular weight excluding hydrogens is 258 g/mol. The lowest BCUT2D eigenvalue weighted by molar-refractivity contribution is 0.419. The van der Waals surface area contributed by atoms with E-state index in [0.717, 1.165) is 33.5 Å². The first kappa shape index (κ1) is 13.6. The molecule has 0 saturated heterocycles. The van der Waals surface area contributed by atoms with Gasteiger partial charge >= 0.3 is 0 Å². The van der Waals surface area contributed by atoms with Crippen LogP contribution in [0, 0.1) is 20.8 Å². The van der Waals surface area contributed by atoms with Gasteiger partial charge in [0.2, 0.25) is 0 Å². The molecule has 21 heavy (non-hydrogen) atoms. The monoisotopic (exact) mass is 277 g/mol. The summed E-state index contributed by atoms with van der Waals surface area (Å²) in [7, 11) is 1.70. The van der Waals surface area contributed by atoms with Crippen LogP contribution in [-0.2, 0) is 0 Å². The Balaban J connectivity index is 2.21. The Bertz CT molecular complexity index is 801. The lowest BCUT2D eigenvalue weighted by atomic mass is 10.0. The van der Waals surface area contributed by atoms with Crippen LogP contribution in [0.1, 0.15) is 16.7 Å². The van der Waals surface area contributed by atoms with E-state index >= 15 is 0 Å². The Morgan fingerprint density at radius 2 is 1.48 bits per heavy atom. The predicted octanol–water partition coefficient (Wildman–Crippen LogP) is 4.84. The summed E-state index contributed by atoms with van der Waals surface area (Å²) in [6.45, 7) is 6.29. The number of rotatable bonds is 2. The maximum atomic E-state index is 5.45. The zero-order valence-corrected chi connectivity index (χ0v) is 12.9. The molecule has 1 heterocycles. The molecular formula is C19H19NO. The second kappa shape index (κ2) is 5.21. The minimum atomic E-state index is 0.879. The van der Waals surface area contributed by atoms with E-state index in [-0.39, 0.29) is 0 Å². The van der Waals surface area contributed by atoms with Gasteiger partial charge in [0.25, 0.3) is 0 Å². The largest absolute Gasteiger partial charge is 0.496 e. The SMILES string of the molecule is COc1cc(C)cc2nc(-c3cc(C)cc(C)c3)ccc12. The predicted molar refractivity (Wildman–Crippen MR) is 87.9 cm³/mol. The highest BCUT2D eigenvalue weighted by atomic mass is 16.5. The average molecular weight is 277 g/mol. The molecule has 0 aliphatic rings. The van der Waals surface area contributed by atoms with Crippen LogP contribution < -0.4 is 4.74 Å². The molecule has 1 aromatic heterocycles. The van der Waals surface area contributed by atoms with E-state index < -0.39 is 0 Å². The number of aryl methyl sites for hydroxylation is 3. The molecule has 0 saturated carbocycles. The van der Waals surface area contributed by atoms with E-state index in [1.54, 1.807) is 7.11 Å². The van der Waals surface area contributed by atoms with Crippen LogP contribution in [0.5, 0.6) is 5.75 Å². The number of aromatic nitrogens is 1. The van der Waals surface area contributed by atoms with Crippen LogP contribution in [-0.4, -0.2) is 12.1 Å². The van der Waals surface area contributed by atoms with Gasteiger partial charge in [0.1, 0.15) is 5.75 Å². The van der Waals surface area contributed by atoms with Crippen LogP contribution in [0.25, 0.3) is 22.2 Å². The fourth-order valence-corrected chi connectivity index (χ4v) is 2.79. The van der Waals surface area contributed by atoms with Crippen molar-refractivity contribution in [3.63, 3.8) is 0 Å². The smallest absolute Gasteiger partial charge is 0.128 e. The molecule has 0 N–H and O–H groups in total. The molecule has 2 nitrogen and oxygen atoms in total. The Labute approximate surface area is 125 Å². The summed E-state index contributed by atoms with van der Waals surface area (Å²) in [5, 5.41) is 1.05. The summed E-state index contributed by atoms with van der Waals surface area (Å²) in [4.78, 5) is 4.82. The third-order valence-electron chi connectivity index (χ3n) is 3.65. The highest BCUT2D eigenvalue weighted by molar-refractivity contribution is 5.88. The van der Waals surface area contributed by atoms with Gasteiger partial charge in [0, 0.05) is 10.9 Å². The molecule has 2 aromatic carbocycles. The Kier molecular flexibility index (Phi) is 3.38. The van der Waals surface area contributed by atoms with Crippen molar-refractivity contribution in [1.29, 1.82) is 0 Å². The van der Waals surface area contributed by atoms with Crippen molar-refractivity contribution >= 4 is 10.9 Å². The molecule has 0 radical (unpaired) electrons. The van der Waals surface area contributed by atoms with Gasteiger partial charge in [-0.3, -0.25) is 0 Å². The van der Waals surface area contributed by atoms with Gasteiger partial charge in [0.05, 0.1) is 18.3 Å². The standard InChI is InChI=1S/C19H19NO/c1-12-7-13(2)9-15(8-12)17-6-5-16-18(20-17)10-14(3)11-19(16)21-4/h5-11H,1-4H3. The van der Waals surface area contributed by atoms with Gasteiger partial charge in [-0.1, -0.05) is 17.2 Å². The fourth-order valence-electron chi connectivity index (χ4n) is 2.79. The molecule has 0 aliphatic heterocycles. The van der Waals surface area contributed by atoms with Crippen LogP contribution in [0.2, 0.25) is 0 Å². The van der Waals surface area contributed by atoms with Crippen molar-refractivity contribution in [2.75, 3.05) is 7.11 Å². The second-order valence-corrected chi connectivity index (χ2v) is 5.61. The number of hydrogen-bond donors (Lipinski definition) is 0. The molecule has 0 atom stereocenters. The van der Waals surface area contributed by atoms with Gasteiger partial charge in [-0.2, -0.15) is 0 Å².